The second kappa shape index (κ2) is 20.1. The number of aromatic nitrogens is 5. The number of carboxylic acids is 1. The summed E-state index contributed by atoms with van der Waals surface area (Å²) < 4.78 is 6.85. The average Bonchev–Trinajstić information content (AvgIpc) is 3.06. The number of esters is 1. The number of carbonyl (C=O) groups excluding carboxylic acids is 1. The van der Waals surface area contributed by atoms with Gasteiger partial charge in [0.25, 0.3) is 11.5 Å². The second-order valence-corrected chi connectivity index (χ2v) is 12.2. The lowest BCUT2D eigenvalue weighted by molar-refractivity contribution is -0.137. The molecule has 13 heteroatoms. The summed E-state index contributed by atoms with van der Waals surface area (Å²) in [5.74, 6) is 0.821. The maximum absolute atomic E-state index is 12.4. The van der Waals surface area contributed by atoms with E-state index < -0.39 is 5.97 Å². The average molecular weight is 679 g/mol. The standard InChI is InChI=1S/C18H28N4O2.C16H22N4O.C2H4O2/c1-4-19-18-20-13(3)15(11-12-16(23)24-5-2)17(22-18)21-14-9-7-6-8-10-14;1-3-17-16-18-11(2)13-9-10-14(21)20(15(13)19-16)12-7-5-4-6-8-12;1-2(3)4/h11-12,14H,4-10H2,1-3H3,(H2,19,20,21,22);9-10,12H,3-8H2,1-2H3,(H,17,18,19);1H3,(H,3,4)/b12-11+;;. The first kappa shape index (κ1) is 38.9. The number of ether oxygens (including phenoxy) is 1. The Morgan fingerprint density at radius 2 is 1.45 bits per heavy atom. The van der Waals surface area contributed by atoms with Crippen LogP contribution in [0, 0.1) is 13.8 Å². The summed E-state index contributed by atoms with van der Waals surface area (Å²) in [6, 6.07) is 4.21. The third-order valence-electron chi connectivity index (χ3n) is 8.34. The Labute approximate surface area is 289 Å². The molecule has 0 saturated heterocycles. The summed E-state index contributed by atoms with van der Waals surface area (Å²) in [7, 11) is 0. The number of pyridine rings is 1. The van der Waals surface area contributed by atoms with Crippen LogP contribution in [-0.4, -0.2) is 67.3 Å². The fourth-order valence-electron chi connectivity index (χ4n) is 6.12. The maximum Gasteiger partial charge on any atom is 0.330 e. The minimum Gasteiger partial charge on any atom is -0.481 e. The Morgan fingerprint density at radius 1 is 0.878 bits per heavy atom. The van der Waals surface area contributed by atoms with Crippen molar-refractivity contribution in [3.63, 3.8) is 0 Å². The van der Waals surface area contributed by atoms with Gasteiger partial charge in [0.15, 0.2) is 0 Å². The first-order valence-electron chi connectivity index (χ1n) is 17.6. The van der Waals surface area contributed by atoms with Crippen LogP contribution >= 0.6 is 0 Å². The minimum absolute atomic E-state index is 0.0509. The topological polar surface area (TPSA) is 173 Å². The van der Waals surface area contributed by atoms with Gasteiger partial charge in [-0.2, -0.15) is 9.97 Å². The number of nitrogens with one attached hydrogen (secondary N) is 3. The molecule has 0 radical (unpaired) electrons. The van der Waals surface area contributed by atoms with Crippen molar-refractivity contribution in [2.45, 2.75) is 118 Å². The van der Waals surface area contributed by atoms with Crippen LogP contribution in [-0.2, 0) is 14.3 Å². The third-order valence-corrected chi connectivity index (χ3v) is 8.34. The molecule has 3 aromatic rings. The summed E-state index contributed by atoms with van der Waals surface area (Å²) in [5, 5.41) is 18.3. The zero-order chi connectivity index (χ0) is 35.8. The van der Waals surface area contributed by atoms with Gasteiger partial charge in [0.05, 0.1) is 18.0 Å². The van der Waals surface area contributed by atoms with E-state index in [1.165, 1.54) is 44.6 Å². The predicted molar refractivity (Wildman–Crippen MR) is 195 cm³/mol. The first-order valence-corrected chi connectivity index (χ1v) is 17.6. The lowest BCUT2D eigenvalue weighted by atomic mass is 9.95. The molecule has 13 nitrogen and oxygen atoms in total. The van der Waals surface area contributed by atoms with Crippen molar-refractivity contribution in [3.05, 3.63) is 45.5 Å². The molecule has 0 aromatic carbocycles. The Morgan fingerprint density at radius 3 is 2.04 bits per heavy atom. The monoisotopic (exact) mass is 678 g/mol. The molecule has 2 saturated carbocycles. The van der Waals surface area contributed by atoms with E-state index in [2.05, 4.69) is 35.9 Å². The maximum atomic E-state index is 12.4. The van der Waals surface area contributed by atoms with Gasteiger partial charge in [-0.15, -0.1) is 0 Å². The SMILES string of the molecule is CC(=O)O.CCNc1nc(C)c(/C=C/C(=O)OCC)c(NC2CCCCC2)n1.CCNc1nc(C)c2ccc(=O)n(C3CCCCC3)c2n1. The van der Waals surface area contributed by atoms with E-state index >= 15 is 0 Å². The molecule has 5 rings (SSSR count). The Bertz CT molecular complexity index is 1610. The van der Waals surface area contributed by atoms with Gasteiger partial charge in [-0.05, 0) is 72.4 Å². The van der Waals surface area contributed by atoms with Crippen LogP contribution in [0.1, 0.15) is 115 Å². The van der Waals surface area contributed by atoms with Crippen molar-refractivity contribution in [1.82, 2.24) is 24.5 Å². The van der Waals surface area contributed by atoms with Crippen molar-refractivity contribution < 1.29 is 19.4 Å². The van der Waals surface area contributed by atoms with Gasteiger partial charge in [0.1, 0.15) is 11.5 Å². The number of aryl methyl sites for hydroxylation is 2. The molecule has 0 spiro atoms. The molecule has 0 amide bonds. The summed E-state index contributed by atoms with van der Waals surface area (Å²) in [6.07, 6.45) is 15.1. The van der Waals surface area contributed by atoms with E-state index in [-0.39, 0.29) is 17.6 Å². The van der Waals surface area contributed by atoms with Gasteiger partial charge in [0, 0.05) is 55.2 Å². The van der Waals surface area contributed by atoms with Gasteiger partial charge in [-0.25, -0.2) is 14.8 Å². The zero-order valence-electron chi connectivity index (χ0n) is 30.0. The van der Waals surface area contributed by atoms with Crippen molar-refractivity contribution in [2.75, 3.05) is 35.6 Å². The Kier molecular flexibility index (Phi) is 15.9. The van der Waals surface area contributed by atoms with Gasteiger partial charge in [0.2, 0.25) is 11.9 Å². The summed E-state index contributed by atoms with van der Waals surface area (Å²) in [6.45, 7) is 12.7. The minimum atomic E-state index is -0.833. The zero-order valence-corrected chi connectivity index (χ0v) is 30.0. The highest BCUT2D eigenvalue weighted by Gasteiger charge is 2.20. The van der Waals surface area contributed by atoms with Gasteiger partial charge >= 0.3 is 5.97 Å². The molecule has 3 aromatic heterocycles. The fraction of sp³-hybridized carbons (Fsp3) is 0.583. The van der Waals surface area contributed by atoms with E-state index in [1.807, 2.05) is 38.3 Å². The van der Waals surface area contributed by atoms with Crippen molar-refractivity contribution in [2.24, 2.45) is 0 Å². The van der Waals surface area contributed by atoms with Crippen LogP contribution in [0.25, 0.3) is 17.1 Å². The fourth-order valence-corrected chi connectivity index (χ4v) is 6.12. The highest BCUT2D eigenvalue weighted by atomic mass is 16.5. The number of hydrogen-bond donors (Lipinski definition) is 4. The van der Waals surface area contributed by atoms with Crippen LogP contribution in [0.2, 0.25) is 0 Å². The normalized spacial score (nSPS) is 15.1. The molecule has 4 N–H and O–H groups in total. The molecule has 0 aliphatic heterocycles. The molecule has 49 heavy (non-hydrogen) atoms. The van der Waals surface area contributed by atoms with Crippen LogP contribution in [0.4, 0.5) is 17.7 Å². The lowest BCUT2D eigenvalue weighted by Gasteiger charge is -2.25. The van der Waals surface area contributed by atoms with Crippen LogP contribution < -0.4 is 21.5 Å². The largest absolute Gasteiger partial charge is 0.481 e. The number of hydrogen-bond acceptors (Lipinski definition) is 11. The highest BCUT2D eigenvalue weighted by Crippen LogP contribution is 2.30. The van der Waals surface area contributed by atoms with Gasteiger partial charge in [-0.1, -0.05) is 38.5 Å². The van der Waals surface area contributed by atoms with Crippen molar-refractivity contribution >= 4 is 46.8 Å². The lowest BCUT2D eigenvalue weighted by Crippen LogP contribution is -2.27. The number of fused-ring (bicyclic) bond motifs is 1. The first-order chi connectivity index (χ1) is 23.6. The molecule has 0 bridgehead atoms. The quantitative estimate of drug-likeness (QED) is 0.133. The van der Waals surface area contributed by atoms with Crippen molar-refractivity contribution in [3.8, 4) is 0 Å². The molecule has 2 fully saturated rings. The Hall–Kier alpha value is -4.55. The van der Waals surface area contributed by atoms with Gasteiger partial charge < -0.3 is 25.8 Å². The van der Waals surface area contributed by atoms with Crippen molar-refractivity contribution in [1.29, 1.82) is 0 Å². The molecule has 0 atom stereocenters. The van der Waals surface area contributed by atoms with E-state index in [9.17, 15) is 9.59 Å². The highest BCUT2D eigenvalue weighted by molar-refractivity contribution is 5.88. The van der Waals surface area contributed by atoms with Gasteiger partial charge in [-0.3, -0.25) is 14.2 Å². The number of nitrogens with zero attached hydrogens (tertiary/aromatic N) is 5. The Balaban J connectivity index is 0.000000241. The van der Waals surface area contributed by atoms with E-state index in [4.69, 9.17) is 14.6 Å². The summed E-state index contributed by atoms with van der Waals surface area (Å²) in [4.78, 5) is 51.2. The number of rotatable bonds is 10. The predicted octanol–water partition coefficient (Wildman–Crippen LogP) is 6.67. The number of carbonyl (C=O) groups is 2. The van der Waals surface area contributed by atoms with Crippen LogP contribution in [0.15, 0.2) is 23.0 Å². The smallest absolute Gasteiger partial charge is 0.330 e. The van der Waals surface area contributed by atoms with E-state index in [0.29, 0.717) is 24.5 Å². The number of carboxylic acid groups (broad SMARTS) is 1. The van der Waals surface area contributed by atoms with Crippen LogP contribution in [0.5, 0.6) is 0 Å². The molecule has 3 heterocycles. The molecule has 2 aliphatic carbocycles. The number of aliphatic carboxylic acids is 1. The third kappa shape index (κ3) is 12.1. The molecular weight excluding hydrogens is 624 g/mol. The number of anilines is 3. The molecule has 268 valence electrons. The summed E-state index contributed by atoms with van der Waals surface area (Å²) >= 11 is 0. The van der Waals surface area contributed by atoms with Crippen LogP contribution in [0.3, 0.4) is 0 Å². The summed E-state index contributed by atoms with van der Waals surface area (Å²) in [5.41, 5.74) is 3.42. The van der Waals surface area contributed by atoms with E-state index in [1.54, 1.807) is 19.1 Å². The van der Waals surface area contributed by atoms with E-state index in [0.717, 1.165) is 79.5 Å². The molecular formula is C36H54N8O5. The molecule has 2 aliphatic rings. The second-order valence-electron chi connectivity index (χ2n) is 12.2. The molecule has 0 unspecified atom stereocenters.